The number of carbonyl (C=O) groups excluding carboxylic acids is 1. The Bertz CT molecular complexity index is 279. The highest BCUT2D eigenvalue weighted by atomic mass is 16.3. The van der Waals surface area contributed by atoms with E-state index < -0.39 is 0 Å². The molecule has 0 aliphatic rings. The molecule has 0 aromatic heterocycles. The summed E-state index contributed by atoms with van der Waals surface area (Å²) in [5, 5.41) is 11.9. The molecule has 2 N–H and O–H groups in total. The van der Waals surface area contributed by atoms with Gasteiger partial charge in [-0.25, -0.2) is 0 Å². The number of phenols is 1. The summed E-state index contributed by atoms with van der Waals surface area (Å²) >= 11 is 0. The molecule has 0 heterocycles. The Labute approximate surface area is 77.4 Å². The molecule has 0 spiro atoms. The first-order chi connectivity index (χ1) is 6.22. The van der Waals surface area contributed by atoms with Crippen LogP contribution in [-0.2, 0) is 4.79 Å². The number of hydrogen-bond acceptors (Lipinski definition) is 3. The van der Waals surface area contributed by atoms with Gasteiger partial charge in [0.15, 0.2) is 5.78 Å². The number of hydrogen-bond donors (Lipinski definition) is 2. The predicted octanol–water partition coefficient (Wildman–Crippen LogP) is 1.78. The van der Waals surface area contributed by atoms with Crippen LogP contribution >= 0.6 is 0 Å². The fourth-order valence-electron chi connectivity index (χ4n) is 0.905. The van der Waals surface area contributed by atoms with E-state index in [0.717, 1.165) is 5.69 Å². The standard InChI is InChI=1S/C10H13NO2/c1-2-9(12)7-11-8-3-5-10(13)6-4-8/h3-6,11,13H,2,7H2,1H3. The van der Waals surface area contributed by atoms with E-state index in [2.05, 4.69) is 5.32 Å². The fourth-order valence-corrected chi connectivity index (χ4v) is 0.905. The molecule has 70 valence electrons. The van der Waals surface area contributed by atoms with Gasteiger partial charge in [-0.1, -0.05) is 6.92 Å². The molecule has 0 unspecified atom stereocenters. The van der Waals surface area contributed by atoms with Crippen LogP contribution in [0.25, 0.3) is 0 Å². The quantitative estimate of drug-likeness (QED) is 0.693. The molecule has 0 saturated heterocycles. The molecular formula is C10H13NO2. The number of benzene rings is 1. The van der Waals surface area contributed by atoms with Crippen molar-refractivity contribution in [3.8, 4) is 5.75 Å². The topological polar surface area (TPSA) is 49.3 Å². The Hall–Kier alpha value is -1.51. The van der Waals surface area contributed by atoms with Gasteiger partial charge in [0, 0.05) is 12.1 Å². The highest BCUT2D eigenvalue weighted by Crippen LogP contribution is 2.13. The number of ketones is 1. The number of carbonyl (C=O) groups is 1. The van der Waals surface area contributed by atoms with Crippen molar-refractivity contribution in [2.75, 3.05) is 11.9 Å². The summed E-state index contributed by atoms with van der Waals surface area (Å²) in [4.78, 5) is 10.9. The summed E-state index contributed by atoms with van der Waals surface area (Å²) in [5.41, 5.74) is 0.847. The second-order valence-corrected chi connectivity index (χ2v) is 2.79. The van der Waals surface area contributed by atoms with Crippen LogP contribution in [0.1, 0.15) is 13.3 Å². The summed E-state index contributed by atoms with van der Waals surface area (Å²) in [7, 11) is 0. The molecule has 0 radical (unpaired) electrons. The van der Waals surface area contributed by atoms with Gasteiger partial charge in [0.05, 0.1) is 6.54 Å². The minimum absolute atomic E-state index is 0.174. The van der Waals surface area contributed by atoms with E-state index in [1.54, 1.807) is 24.3 Å². The zero-order valence-electron chi connectivity index (χ0n) is 7.58. The van der Waals surface area contributed by atoms with Gasteiger partial charge in [-0.2, -0.15) is 0 Å². The highest BCUT2D eigenvalue weighted by Gasteiger charge is 1.97. The monoisotopic (exact) mass is 179 g/mol. The Morgan fingerprint density at radius 3 is 2.54 bits per heavy atom. The van der Waals surface area contributed by atoms with E-state index in [1.807, 2.05) is 6.92 Å². The Kier molecular flexibility index (Phi) is 3.31. The number of aromatic hydroxyl groups is 1. The van der Waals surface area contributed by atoms with E-state index >= 15 is 0 Å². The minimum Gasteiger partial charge on any atom is -0.508 e. The Morgan fingerprint density at radius 1 is 1.38 bits per heavy atom. The molecule has 0 amide bonds. The normalized spacial score (nSPS) is 9.62. The van der Waals surface area contributed by atoms with Crippen LogP contribution < -0.4 is 5.32 Å². The maximum Gasteiger partial charge on any atom is 0.151 e. The number of rotatable bonds is 4. The average Bonchev–Trinajstić information content (AvgIpc) is 2.16. The Morgan fingerprint density at radius 2 is 2.00 bits per heavy atom. The molecular weight excluding hydrogens is 166 g/mol. The summed E-state index contributed by atoms with van der Waals surface area (Å²) < 4.78 is 0. The second-order valence-electron chi connectivity index (χ2n) is 2.79. The van der Waals surface area contributed by atoms with Crippen LogP contribution in [0, 0.1) is 0 Å². The Balaban J connectivity index is 2.46. The van der Waals surface area contributed by atoms with Gasteiger partial charge in [0.2, 0.25) is 0 Å². The molecule has 0 bridgehead atoms. The third-order valence-corrected chi connectivity index (χ3v) is 1.75. The number of anilines is 1. The molecule has 3 nitrogen and oxygen atoms in total. The molecule has 0 aliphatic heterocycles. The van der Waals surface area contributed by atoms with Crippen molar-refractivity contribution in [2.24, 2.45) is 0 Å². The van der Waals surface area contributed by atoms with E-state index in [0.29, 0.717) is 13.0 Å². The van der Waals surface area contributed by atoms with Gasteiger partial charge >= 0.3 is 0 Å². The maximum absolute atomic E-state index is 10.9. The summed E-state index contributed by atoms with van der Waals surface area (Å²) in [6.45, 7) is 2.18. The highest BCUT2D eigenvalue weighted by molar-refractivity contribution is 5.82. The molecule has 1 rings (SSSR count). The summed E-state index contributed by atoms with van der Waals surface area (Å²) in [6.07, 6.45) is 0.547. The lowest BCUT2D eigenvalue weighted by molar-refractivity contribution is -0.117. The van der Waals surface area contributed by atoms with Crippen molar-refractivity contribution < 1.29 is 9.90 Å². The summed E-state index contributed by atoms with van der Waals surface area (Å²) in [5.74, 6) is 0.403. The van der Waals surface area contributed by atoms with Crippen LogP contribution in [-0.4, -0.2) is 17.4 Å². The second kappa shape index (κ2) is 4.50. The number of phenolic OH excluding ortho intramolecular Hbond substituents is 1. The summed E-state index contributed by atoms with van der Waals surface area (Å²) in [6, 6.07) is 6.63. The third-order valence-electron chi connectivity index (χ3n) is 1.75. The van der Waals surface area contributed by atoms with E-state index in [-0.39, 0.29) is 11.5 Å². The molecule has 0 saturated carbocycles. The van der Waals surface area contributed by atoms with Crippen molar-refractivity contribution >= 4 is 11.5 Å². The lowest BCUT2D eigenvalue weighted by atomic mass is 10.2. The van der Waals surface area contributed by atoms with Crippen molar-refractivity contribution in [1.82, 2.24) is 0 Å². The third kappa shape index (κ3) is 3.15. The first-order valence-corrected chi connectivity index (χ1v) is 4.27. The van der Waals surface area contributed by atoms with Gasteiger partial charge in [0.25, 0.3) is 0 Å². The van der Waals surface area contributed by atoms with Gasteiger partial charge in [-0.3, -0.25) is 4.79 Å². The first kappa shape index (κ1) is 9.58. The van der Waals surface area contributed by atoms with Gasteiger partial charge in [-0.15, -0.1) is 0 Å². The van der Waals surface area contributed by atoms with Crippen molar-refractivity contribution in [2.45, 2.75) is 13.3 Å². The largest absolute Gasteiger partial charge is 0.508 e. The lowest BCUT2D eigenvalue weighted by Crippen LogP contribution is -2.11. The average molecular weight is 179 g/mol. The van der Waals surface area contributed by atoms with Crippen molar-refractivity contribution in [1.29, 1.82) is 0 Å². The minimum atomic E-state index is 0.174. The van der Waals surface area contributed by atoms with E-state index in [1.165, 1.54) is 0 Å². The molecule has 0 fully saturated rings. The zero-order valence-corrected chi connectivity index (χ0v) is 7.58. The van der Waals surface area contributed by atoms with Crippen LogP contribution in [0.15, 0.2) is 24.3 Å². The first-order valence-electron chi connectivity index (χ1n) is 4.27. The van der Waals surface area contributed by atoms with Gasteiger partial charge < -0.3 is 10.4 Å². The molecule has 0 aliphatic carbocycles. The van der Waals surface area contributed by atoms with Crippen molar-refractivity contribution in [3.63, 3.8) is 0 Å². The van der Waals surface area contributed by atoms with Crippen LogP contribution in [0.4, 0.5) is 5.69 Å². The van der Waals surface area contributed by atoms with Crippen molar-refractivity contribution in [3.05, 3.63) is 24.3 Å². The lowest BCUT2D eigenvalue weighted by Gasteiger charge is -2.03. The van der Waals surface area contributed by atoms with E-state index in [4.69, 9.17) is 5.11 Å². The van der Waals surface area contributed by atoms with E-state index in [9.17, 15) is 4.79 Å². The predicted molar refractivity (Wildman–Crippen MR) is 51.9 cm³/mol. The molecule has 13 heavy (non-hydrogen) atoms. The maximum atomic E-state index is 10.9. The van der Waals surface area contributed by atoms with Gasteiger partial charge in [0.1, 0.15) is 5.75 Å². The molecule has 1 aromatic carbocycles. The number of nitrogens with one attached hydrogen (secondary N) is 1. The number of Topliss-reactive ketones (excluding diaryl/α,β-unsaturated/α-hetero) is 1. The van der Waals surface area contributed by atoms with Crippen LogP contribution in [0.2, 0.25) is 0 Å². The molecule has 3 heteroatoms. The van der Waals surface area contributed by atoms with Gasteiger partial charge in [-0.05, 0) is 24.3 Å². The smallest absolute Gasteiger partial charge is 0.151 e. The molecule has 1 aromatic rings. The molecule has 0 atom stereocenters. The van der Waals surface area contributed by atoms with Crippen LogP contribution in [0.3, 0.4) is 0 Å². The SMILES string of the molecule is CCC(=O)CNc1ccc(O)cc1. The zero-order chi connectivity index (χ0) is 9.68. The van der Waals surface area contributed by atoms with Crippen LogP contribution in [0.5, 0.6) is 5.75 Å². The fraction of sp³-hybridized carbons (Fsp3) is 0.300.